The zero-order chi connectivity index (χ0) is 21.2. The number of esters is 1. The van der Waals surface area contributed by atoms with E-state index in [-0.39, 0.29) is 21.9 Å². The molecule has 1 aromatic heterocycles. The predicted molar refractivity (Wildman–Crippen MR) is 106 cm³/mol. The van der Waals surface area contributed by atoms with Crippen LogP contribution in [0.2, 0.25) is 0 Å². The highest BCUT2D eigenvalue weighted by atomic mass is 32.2. The monoisotopic (exact) mass is 411 g/mol. The lowest BCUT2D eigenvalue weighted by atomic mass is 10.2. The Morgan fingerprint density at radius 2 is 1.86 bits per heavy atom. The van der Waals surface area contributed by atoms with Gasteiger partial charge in [-0.3, -0.25) is 0 Å². The first kappa shape index (κ1) is 20.1. The van der Waals surface area contributed by atoms with Gasteiger partial charge in [0.25, 0.3) is 0 Å². The fourth-order valence-electron chi connectivity index (χ4n) is 2.74. The lowest BCUT2D eigenvalue weighted by Gasteiger charge is -2.07. The first-order valence-electron chi connectivity index (χ1n) is 8.43. The number of fused-ring (bicyclic) bond motifs is 1. The number of aliphatic hydroxyl groups excluding tert-OH is 1. The fourth-order valence-corrected chi connectivity index (χ4v) is 3.37. The topological polar surface area (TPSA) is 122 Å². The van der Waals surface area contributed by atoms with Crippen LogP contribution in [0.4, 0.5) is 0 Å². The molecule has 0 aliphatic rings. The van der Waals surface area contributed by atoms with Gasteiger partial charge < -0.3 is 14.4 Å². The number of ether oxygens (including phenoxy) is 1. The molecule has 0 radical (unpaired) electrons. The third kappa shape index (κ3) is 4.12. The van der Waals surface area contributed by atoms with Crippen LogP contribution in [-0.2, 0) is 21.6 Å². The van der Waals surface area contributed by atoms with Crippen LogP contribution in [0.5, 0.6) is 0 Å². The van der Waals surface area contributed by atoms with Crippen molar-refractivity contribution in [3.8, 4) is 6.07 Å². The summed E-state index contributed by atoms with van der Waals surface area (Å²) in [6, 6.07) is 14.4. The van der Waals surface area contributed by atoms with Crippen molar-refractivity contribution >= 4 is 32.4 Å². The molecule has 0 spiro atoms. The maximum Gasteiger partial charge on any atom is 0.338 e. The van der Waals surface area contributed by atoms with Crippen LogP contribution in [0.15, 0.2) is 59.2 Å². The molecule has 0 saturated heterocycles. The van der Waals surface area contributed by atoms with Crippen LogP contribution in [0.3, 0.4) is 0 Å². The van der Waals surface area contributed by atoms with Crippen LogP contribution < -0.4 is 0 Å². The van der Waals surface area contributed by atoms with E-state index in [9.17, 15) is 23.6 Å². The molecule has 0 saturated carbocycles. The van der Waals surface area contributed by atoms with Crippen molar-refractivity contribution in [1.82, 2.24) is 9.55 Å². The number of para-hydroxylation sites is 2. The molecule has 29 heavy (non-hydrogen) atoms. The molecule has 2 aromatic carbocycles. The van der Waals surface area contributed by atoms with Gasteiger partial charge in [-0.05, 0) is 36.4 Å². The second-order valence-electron chi connectivity index (χ2n) is 6.29. The second kappa shape index (κ2) is 7.77. The Morgan fingerprint density at radius 1 is 1.21 bits per heavy atom. The van der Waals surface area contributed by atoms with Gasteiger partial charge in [0.1, 0.15) is 18.2 Å². The molecule has 8 nitrogen and oxygen atoms in total. The third-order valence-corrected chi connectivity index (χ3v) is 5.40. The Hall–Kier alpha value is -3.64. The lowest BCUT2D eigenvalue weighted by molar-refractivity contribution is 0.0502. The van der Waals surface area contributed by atoms with Gasteiger partial charge in [0.05, 0.1) is 21.5 Å². The number of aromatic nitrogens is 2. The highest BCUT2D eigenvalue weighted by molar-refractivity contribution is 7.90. The normalized spacial score (nSPS) is 12.3. The molecule has 0 fully saturated rings. The standard InChI is InChI=1S/C20H17N3O5S/c1-23-17-6-4-3-5-16(17)22-19(23)15(11-21)18(24)12-28-20(25)13-7-9-14(10-8-13)29(2,26)27/h3-10,24H,12H2,1-2H3/b18-15-. The number of sulfone groups is 1. The lowest BCUT2D eigenvalue weighted by Crippen LogP contribution is -2.10. The molecule has 0 unspecified atom stereocenters. The summed E-state index contributed by atoms with van der Waals surface area (Å²) in [4.78, 5) is 16.6. The van der Waals surface area contributed by atoms with E-state index in [4.69, 9.17) is 4.74 Å². The first-order chi connectivity index (χ1) is 13.7. The van der Waals surface area contributed by atoms with Gasteiger partial charge in [0.15, 0.2) is 21.4 Å². The van der Waals surface area contributed by atoms with Crippen molar-refractivity contribution in [1.29, 1.82) is 5.26 Å². The summed E-state index contributed by atoms with van der Waals surface area (Å²) < 4.78 is 29.7. The molecule has 0 bridgehead atoms. The van der Waals surface area contributed by atoms with Gasteiger partial charge in [-0.25, -0.2) is 18.2 Å². The van der Waals surface area contributed by atoms with Crippen LogP contribution >= 0.6 is 0 Å². The van der Waals surface area contributed by atoms with E-state index < -0.39 is 28.2 Å². The van der Waals surface area contributed by atoms with Crippen molar-refractivity contribution < 1.29 is 23.1 Å². The minimum Gasteiger partial charge on any atom is -0.507 e. The molecular weight excluding hydrogens is 394 g/mol. The molecule has 0 aliphatic carbocycles. The number of allylic oxidation sites excluding steroid dienone is 1. The van der Waals surface area contributed by atoms with Crippen molar-refractivity contribution in [2.75, 3.05) is 12.9 Å². The molecule has 3 rings (SSSR count). The first-order valence-corrected chi connectivity index (χ1v) is 10.3. The van der Waals surface area contributed by atoms with Gasteiger partial charge in [-0.15, -0.1) is 0 Å². The minimum atomic E-state index is -3.38. The summed E-state index contributed by atoms with van der Waals surface area (Å²) in [7, 11) is -1.66. The van der Waals surface area contributed by atoms with E-state index in [0.29, 0.717) is 5.52 Å². The predicted octanol–water partition coefficient (Wildman–Crippen LogP) is 2.63. The zero-order valence-electron chi connectivity index (χ0n) is 15.7. The maximum atomic E-state index is 12.2. The van der Waals surface area contributed by atoms with E-state index in [1.165, 1.54) is 24.3 Å². The second-order valence-corrected chi connectivity index (χ2v) is 8.31. The molecular formula is C20H17N3O5S. The fraction of sp³-hybridized carbons (Fsp3) is 0.150. The van der Waals surface area contributed by atoms with Crippen LogP contribution in [0, 0.1) is 11.3 Å². The van der Waals surface area contributed by atoms with Crippen molar-refractivity contribution in [2.45, 2.75) is 4.90 Å². The number of hydrogen-bond donors (Lipinski definition) is 1. The molecule has 1 N–H and O–H groups in total. The molecule has 3 aromatic rings. The summed E-state index contributed by atoms with van der Waals surface area (Å²) in [5, 5.41) is 19.8. The number of carbonyl (C=O) groups excluding carboxylic acids is 1. The number of aliphatic hydroxyl groups is 1. The number of carbonyl (C=O) groups is 1. The zero-order valence-corrected chi connectivity index (χ0v) is 16.5. The van der Waals surface area contributed by atoms with E-state index in [0.717, 1.165) is 11.8 Å². The van der Waals surface area contributed by atoms with Gasteiger partial charge in [0, 0.05) is 13.3 Å². The number of aryl methyl sites for hydroxylation is 1. The molecule has 0 aliphatic heterocycles. The number of benzene rings is 2. The number of nitriles is 1. The molecule has 0 atom stereocenters. The summed E-state index contributed by atoms with van der Waals surface area (Å²) in [6.07, 6.45) is 1.06. The summed E-state index contributed by atoms with van der Waals surface area (Å²) in [6.45, 7) is -0.529. The average Bonchev–Trinajstić information content (AvgIpc) is 3.03. The van der Waals surface area contributed by atoms with E-state index in [1.54, 1.807) is 17.7 Å². The Bertz CT molecular complexity index is 1270. The molecule has 9 heteroatoms. The van der Waals surface area contributed by atoms with E-state index >= 15 is 0 Å². The Kier molecular flexibility index (Phi) is 5.39. The van der Waals surface area contributed by atoms with Crippen LogP contribution in [0.25, 0.3) is 16.6 Å². The average molecular weight is 411 g/mol. The number of nitrogens with zero attached hydrogens (tertiary/aromatic N) is 3. The molecule has 1 heterocycles. The Labute approximate surface area is 167 Å². The molecule has 148 valence electrons. The van der Waals surface area contributed by atoms with Crippen molar-refractivity contribution in [3.63, 3.8) is 0 Å². The highest BCUT2D eigenvalue weighted by Gasteiger charge is 2.18. The van der Waals surface area contributed by atoms with E-state index in [1.807, 2.05) is 24.3 Å². The van der Waals surface area contributed by atoms with Crippen molar-refractivity contribution in [3.05, 3.63) is 65.7 Å². The molecule has 0 amide bonds. The van der Waals surface area contributed by atoms with Crippen LogP contribution in [0.1, 0.15) is 16.2 Å². The van der Waals surface area contributed by atoms with Gasteiger partial charge in [-0.2, -0.15) is 5.26 Å². The summed E-state index contributed by atoms with van der Waals surface area (Å²) in [5.41, 5.74) is 1.45. The van der Waals surface area contributed by atoms with Crippen molar-refractivity contribution in [2.24, 2.45) is 7.05 Å². The SMILES string of the molecule is Cn1c(/C(C#N)=C(\O)COC(=O)c2ccc(S(C)(=O)=O)cc2)nc2ccccc21. The quantitative estimate of drug-likeness (QED) is 0.389. The smallest absolute Gasteiger partial charge is 0.338 e. The summed E-state index contributed by atoms with van der Waals surface area (Å²) in [5.74, 6) is -0.953. The maximum absolute atomic E-state index is 12.2. The third-order valence-electron chi connectivity index (χ3n) is 4.27. The number of hydrogen-bond acceptors (Lipinski definition) is 7. The number of rotatable bonds is 5. The van der Waals surface area contributed by atoms with Crippen LogP contribution in [-0.4, -0.2) is 41.9 Å². The number of imidazole rings is 1. The van der Waals surface area contributed by atoms with Gasteiger partial charge in [-0.1, -0.05) is 12.1 Å². The Balaban J connectivity index is 1.81. The largest absolute Gasteiger partial charge is 0.507 e. The van der Waals surface area contributed by atoms with Gasteiger partial charge in [0.2, 0.25) is 0 Å². The van der Waals surface area contributed by atoms with E-state index in [2.05, 4.69) is 4.98 Å². The van der Waals surface area contributed by atoms with Gasteiger partial charge >= 0.3 is 5.97 Å². The minimum absolute atomic E-state index is 0.0745. The summed E-state index contributed by atoms with van der Waals surface area (Å²) >= 11 is 0. The Morgan fingerprint density at radius 3 is 2.45 bits per heavy atom. The highest BCUT2D eigenvalue weighted by Crippen LogP contribution is 2.22.